The van der Waals surface area contributed by atoms with Crippen molar-refractivity contribution in [2.24, 2.45) is 0 Å². The first kappa shape index (κ1) is 28.3. The van der Waals surface area contributed by atoms with E-state index in [0.717, 1.165) is 6.07 Å². The van der Waals surface area contributed by atoms with Crippen molar-refractivity contribution in [1.29, 1.82) is 0 Å². The third-order valence-corrected chi connectivity index (χ3v) is 2.93. The number of rotatable bonds is 0. The molecule has 2 rings (SSSR count). The molecule has 0 bridgehead atoms. The van der Waals surface area contributed by atoms with Crippen LogP contribution in [0.4, 0.5) is 17.7 Å². The van der Waals surface area contributed by atoms with E-state index in [1.54, 1.807) is 35.1 Å². The van der Waals surface area contributed by atoms with Crippen molar-refractivity contribution in [1.82, 2.24) is 29.7 Å². The number of nitrogens with one attached hydrogen (secondary N) is 2. The van der Waals surface area contributed by atoms with Gasteiger partial charge >= 0.3 is 0 Å². The number of carbonyl (C=O) groups is 2. The van der Waals surface area contributed by atoms with Crippen LogP contribution in [0.1, 0.15) is 19.5 Å². The molecule has 0 aromatic carbocycles. The number of hydrogen-bond donors (Lipinski definition) is 5. The summed E-state index contributed by atoms with van der Waals surface area (Å²) in [6.45, 7) is 4.77. The van der Waals surface area contributed by atoms with Crippen molar-refractivity contribution >= 4 is 29.5 Å². The number of nitrogen functional groups attached to an aromatic ring is 3. The number of hydrogen-bond acceptors (Lipinski definition) is 9. The van der Waals surface area contributed by atoms with E-state index in [2.05, 4.69) is 19.9 Å². The van der Waals surface area contributed by atoms with Crippen LogP contribution in [0, 0.1) is 6.92 Å². The Labute approximate surface area is 174 Å². The topological polar surface area (TPSA) is 210 Å². The molecule has 2 amide bonds. The summed E-state index contributed by atoms with van der Waals surface area (Å²) < 4.78 is 0. The van der Waals surface area contributed by atoms with Crippen LogP contribution in [0.2, 0.25) is 0 Å². The number of anilines is 3. The van der Waals surface area contributed by atoms with Gasteiger partial charge < -0.3 is 27.0 Å². The Morgan fingerprint density at radius 3 is 1.37 bits per heavy atom. The maximum Gasteiger partial charge on any atom is 0.254 e. The van der Waals surface area contributed by atoms with Gasteiger partial charge in [0.05, 0.1) is 0 Å². The molecule has 0 aliphatic heterocycles. The van der Waals surface area contributed by atoms with Crippen molar-refractivity contribution in [2.45, 2.75) is 20.8 Å². The van der Waals surface area contributed by atoms with Gasteiger partial charge in [-0.05, 0) is 6.92 Å². The molecule has 30 heavy (non-hydrogen) atoms. The quantitative estimate of drug-likeness (QED) is 0.342. The van der Waals surface area contributed by atoms with Gasteiger partial charge in [-0.1, -0.05) is 0 Å². The highest BCUT2D eigenvalue weighted by atomic mass is 16.2. The molecule has 13 nitrogen and oxygen atoms in total. The number of amides is 2. The molecular formula is C17H31N9O4. The minimum Gasteiger partial charge on any atom is -0.383 e. The van der Waals surface area contributed by atoms with Crippen molar-refractivity contribution in [3.8, 4) is 0 Å². The predicted octanol–water partition coefficient (Wildman–Crippen LogP) is -1.22. The van der Waals surface area contributed by atoms with Gasteiger partial charge in [0, 0.05) is 59.9 Å². The average molecular weight is 425 g/mol. The molecule has 0 fully saturated rings. The Morgan fingerprint density at radius 2 is 1.13 bits per heavy atom. The normalized spacial score (nSPS) is 8.77. The Balaban J connectivity index is 0. The Morgan fingerprint density at radius 1 is 0.800 bits per heavy atom. The summed E-state index contributed by atoms with van der Waals surface area (Å²) in [5, 5.41) is 0. The highest BCUT2D eigenvalue weighted by Crippen LogP contribution is 1.90. The van der Waals surface area contributed by atoms with Crippen molar-refractivity contribution in [2.75, 3.05) is 45.4 Å². The monoisotopic (exact) mass is 425 g/mol. The lowest BCUT2D eigenvalue weighted by atomic mass is 10.5. The van der Waals surface area contributed by atoms with Crippen LogP contribution in [-0.2, 0) is 9.59 Å². The maximum atomic E-state index is 10.5. The first-order chi connectivity index (χ1) is 13.6. The molecule has 0 saturated carbocycles. The number of nitrogens with zero attached hydrogens (tertiary/aromatic N) is 4. The summed E-state index contributed by atoms with van der Waals surface area (Å²) in [7, 11) is 6.90. The third kappa shape index (κ3) is 16.3. The lowest BCUT2D eigenvalue weighted by Gasteiger charge is -2.02. The number of H-pyrrole nitrogens is 2. The number of carbonyl (C=O) groups excluding carboxylic acids is 2. The molecule has 0 aliphatic carbocycles. The highest BCUT2D eigenvalue weighted by Gasteiger charge is 1.90. The molecule has 2 aromatic rings. The Hall–Kier alpha value is -3.90. The summed E-state index contributed by atoms with van der Waals surface area (Å²) in [5.74, 6) is 0.529. The van der Waals surface area contributed by atoms with Crippen LogP contribution in [0.3, 0.4) is 0 Å². The molecule has 13 heteroatoms. The van der Waals surface area contributed by atoms with E-state index < -0.39 is 0 Å². The SMILES string of the molecule is CC(=O)N(C)C.CC(=O)N(C)C.Cc1cc(=O)[nH]c(N)n1.Nc1cc(=O)[nH]c(N)n1. The molecular weight excluding hydrogens is 394 g/mol. The number of aryl methyl sites for hydroxylation is 1. The highest BCUT2D eigenvalue weighted by molar-refractivity contribution is 5.72. The van der Waals surface area contributed by atoms with E-state index in [4.69, 9.17) is 17.2 Å². The van der Waals surface area contributed by atoms with E-state index in [-0.39, 0.29) is 40.6 Å². The second-order valence-corrected chi connectivity index (χ2v) is 6.15. The molecule has 2 aromatic heterocycles. The van der Waals surface area contributed by atoms with Gasteiger partial charge in [-0.3, -0.25) is 29.1 Å². The molecule has 8 N–H and O–H groups in total. The van der Waals surface area contributed by atoms with Crippen molar-refractivity contribution < 1.29 is 9.59 Å². The maximum absolute atomic E-state index is 10.5. The standard InChI is InChI=1S/C5H7N3O.C4H6N4O.2C4H9NO/c1-3-2-4(9)8-5(6)7-3;5-2-1-3(9)8-4(6)7-2;2*1-4(6)5(2)3/h2H,1H3,(H3,6,7,8,9);1H,(H5,5,6,7,8,9);2*1-3H3. The summed E-state index contributed by atoms with van der Waals surface area (Å²) in [4.78, 5) is 56.0. The number of aromatic amines is 2. The minimum atomic E-state index is -0.333. The largest absolute Gasteiger partial charge is 0.383 e. The van der Waals surface area contributed by atoms with Crippen LogP contribution in [0.25, 0.3) is 0 Å². The molecule has 168 valence electrons. The number of nitrogens with two attached hydrogens (primary N) is 3. The minimum absolute atomic E-state index is 0.0417. The van der Waals surface area contributed by atoms with E-state index >= 15 is 0 Å². The Bertz CT molecular complexity index is 798. The summed E-state index contributed by atoms with van der Waals surface area (Å²) >= 11 is 0. The lowest BCUT2D eigenvalue weighted by molar-refractivity contribution is -0.127. The van der Waals surface area contributed by atoms with Gasteiger partial charge in [-0.25, -0.2) is 4.98 Å². The van der Waals surface area contributed by atoms with Gasteiger partial charge in [-0.2, -0.15) is 4.98 Å². The van der Waals surface area contributed by atoms with Gasteiger partial charge in [-0.15, -0.1) is 0 Å². The van der Waals surface area contributed by atoms with Crippen LogP contribution in [0.5, 0.6) is 0 Å². The molecule has 0 aliphatic rings. The van der Waals surface area contributed by atoms with Crippen molar-refractivity contribution in [3.63, 3.8) is 0 Å². The van der Waals surface area contributed by atoms with E-state index in [0.29, 0.717) is 5.69 Å². The summed E-state index contributed by atoms with van der Waals surface area (Å²) in [6, 6.07) is 2.55. The first-order valence-electron chi connectivity index (χ1n) is 8.47. The number of aromatic nitrogens is 4. The average Bonchev–Trinajstić information content (AvgIpc) is 2.53. The van der Waals surface area contributed by atoms with Gasteiger partial charge in [0.25, 0.3) is 11.1 Å². The van der Waals surface area contributed by atoms with Gasteiger partial charge in [0.1, 0.15) is 5.82 Å². The second-order valence-electron chi connectivity index (χ2n) is 6.15. The lowest BCUT2D eigenvalue weighted by Crippen LogP contribution is -2.17. The zero-order valence-corrected chi connectivity index (χ0v) is 18.3. The molecule has 0 spiro atoms. The predicted molar refractivity (Wildman–Crippen MR) is 116 cm³/mol. The molecule has 0 saturated heterocycles. The molecule has 0 atom stereocenters. The van der Waals surface area contributed by atoms with Gasteiger partial charge in [0.15, 0.2) is 0 Å². The van der Waals surface area contributed by atoms with Crippen molar-refractivity contribution in [3.05, 3.63) is 38.5 Å². The fourth-order valence-electron chi connectivity index (χ4n) is 1.10. The first-order valence-corrected chi connectivity index (χ1v) is 8.47. The zero-order chi connectivity index (χ0) is 24.0. The van der Waals surface area contributed by atoms with Gasteiger partial charge in [0.2, 0.25) is 23.7 Å². The van der Waals surface area contributed by atoms with Crippen LogP contribution < -0.4 is 28.3 Å². The Kier molecular flexibility index (Phi) is 13.4. The van der Waals surface area contributed by atoms with Crippen LogP contribution in [-0.4, -0.2) is 69.7 Å². The second kappa shape index (κ2) is 14.1. The third-order valence-electron chi connectivity index (χ3n) is 2.93. The molecule has 2 heterocycles. The fourth-order valence-corrected chi connectivity index (χ4v) is 1.10. The zero-order valence-electron chi connectivity index (χ0n) is 18.3. The van der Waals surface area contributed by atoms with E-state index in [1.807, 2.05) is 0 Å². The van der Waals surface area contributed by atoms with Crippen LogP contribution >= 0.6 is 0 Å². The smallest absolute Gasteiger partial charge is 0.254 e. The van der Waals surface area contributed by atoms with E-state index in [1.165, 1.54) is 29.7 Å². The summed E-state index contributed by atoms with van der Waals surface area (Å²) in [6.07, 6.45) is 0. The summed E-state index contributed by atoms with van der Waals surface area (Å²) in [5.41, 5.74) is 15.5. The fraction of sp³-hybridized carbons (Fsp3) is 0.412. The molecule has 0 unspecified atom stereocenters. The van der Waals surface area contributed by atoms with Crippen LogP contribution in [0.15, 0.2) is 21.7 Å². The molecule has 0 radical (unpaired) electrons. The van der Waals surface area contributed by atoms with E-state index in [9.17, 15) is 19.2 Å².